The molecular formula is C22H22ClNO2S. The fraction of sp³-hybridized carbons (Fsp3) is 0.182. The molecule has 0 heterocycles. The van der Waals surface area contributed by atoms with Gasteiger partial charge in [0, 0.05) is 17.2 Å². The molecule has 0 aliphatic rings. The van der Waals surface area contributed by atoms with Gasteiger partial charge in [-0.2, -0.15) is 0 Å². The molecular weight excluding hydrogens is 378 g/mol. The van der Waals surface area contributed by atoms with Gasteiger partial charge in [-0.05, 0) is 60.2 Å². The fourth-order valence-corrected chi connectivity index (χ4v) is 4.04. The summed E-state index contributed by atoms with van der Waals surface area (Å²) in [6, 6.07) is 22.1. The summed E-state index contributed by atoms with van der Waals surface area (Å²) in [6.45, 7) is 2.72. The average Bonchev–Trinajstić information content (AvgIpc) is 2.67. The number of phenols is 1. The van der Waals surface area contributed by atoms with Crippen molar-refractivity contribution in [2.75, 3.05) is 10.9 Å². The van der Waals surface area contributed by atoms with Gasteiger partial charge in [-0.3, -0.25) is 0 Å². The Morgan fingerprint density at radius 2 is 1.70 bits per heavy atom. The smallest absolute Gasteiger partial charge is 0.137 e. The summed E-state index contributed by atoms with van der Waals surface area (Å²) >= 11 is 7.90. The van der Waals surface area contributed by atoms with Crippen molar-refractivity contribution < 1.29 is 10.2 Å². The van der Waals surface area contributed by atoms with E-state index in [1.54, 1.807) is 18.0 Å². The Hall–Kier alpha value is -2.14. The summed E-state index contributed by atoms with van der Waals surface area (Å²) in [7, 11) is 0. The van der Waals surface area contributed by atoms with Gasteiger partial charge in [-0.15, -0.1) is 0 Å². The van der Waals surface area contributed by atoms with Crippen LogP contribution in [0.5, 0.6) is 5.75 Å². The van der Waals surface area contributed by atoms with Crippen molar-refractivity contribution in [3.63, 3.8) is 0 Å². The molecule has 0 fully saturated rings. The second-order valence-electron chi connectivity index (χ2n) is 6.29. The van der Waals surface area contributed by atoms with E-state index >= 15 is 0 Å². The first-order valence-corrected chi connectivity index (χ1v) is 9.91. The molecule has 0 saturated carbocycles. The summed E-state index contributed by atoms with van der Waals surface area (Å²) in [5.41, 5.74) is 3.90. The van der Waals surface area contributed by atoms with Crippen LogP contribution in [0.1, 0.15) is 16.7 Å². The number of aliphatic hydroxyl groups excluding tert-OH is 1. The molecule has 0 radical (unpaired) electrons. The number of aryl methyl sites for hydroxylation is 1. The fourth-order valence-electron chi connectivity index (χ4n) is 2.80. The molecule has 0 saturated heterocycles. The largest absolute Gasteiger partial charge is 0.506 e. The standard InChI is InChI=1S/C22H22ClNO2S/c1-16-7-5-6-10-21(16)27-24(15-17-8-3-2-4-9-17)19-13-18(11-12-25)22(26)20(23)14-19/h2-10,13-14,25-26H,11-12,15H2,1H3. The zero-order valence-corrected chi connectivity index (χ0v) is 16.7. The summed E-state index contributed by atoms with van der Waals surface area (Å²) in [5.74, 6) is 0.0371. The summed E-state index contributed by atoms with van der Waals surface area (Å²) in [4.78, 5) is 1.15. The third-order valence-corrected chi connectivity index (χ3v) is 5.77. The zero-order chi connectivity index (χ0) is 19.2. The van der Waals surface area contributed by atoms with Crippen LogP contribution >= 0.6 is 23.5 Å². The Morgan fingerprint density at radius 1 is 1.00 bits per heavy atom. The summed E-state index contributed by atoms with van der Waals surface area (Å²) in [6.07, 6.45) is 0.355. The van der Waals surface area contributed by atoms with Crippen LogP contribution in [0.25, 0.3) is 0 Å². The van der Waals surface area contributed by atoms with Crippen LogP contribution in [0.2, 0.25) is 5.02 Å². The number of aliphatic hydroxyl groups is 1. The third-order valence-electron chi connectivity index (χ3n) is 4.27. The van der Waals surface area contributed by atoms with Crippen LogP contribution in [0.15, 0.2) is 71.6 Å². The lowest BCUT2D eigenvalue weighted by atomic mass is 10.1. The van der Waals surface area contributed by atoms with Gasteiger partial charge in [0.15, 0.2) is 0 Å². The van der Waals surface area contributed by atoms with E-state index in [1.807, 2.05) is 36.4 Å². The van der Waals surface area contributed by atoms with Crippen molar-refractivity contribution in [3.05, 3.63) is 88.4 Å². The van der Waals surface area contributed by atoms with Gasteiger partial charge >= 0.3 is 0 Å². The lowest BCUT2D eigenvalue weighted by Gasteiger charge is -2.25. The molecule has 140 valence electrons. The average molecular weight is 400 g/mol. The van der Waals surface area contributed by atoms with Crippen molar-refractivity contribution in [3.8, 4) is 5.75 Å². The van der Waals surface area contributed by atoms with E-state index in [-0.39, 0.29) is 12.4 Å². The Morgan fingerprint density at radius 3 is 2.41 bits per heavy atom. The van der Waals surface area contributed by atoms with Gasteiger partial charge in [-0.1, -0.05) is 60.1 Å². The van der Waals surface area contributed by atoms with Crippen molar-refractivity contribution in [2.24, 2.45) is 0 Å². The molecule has 0 aliphatic carbocycles. The Balaban J connectivity index is 2.00. The quantitative estimate of drug-likeness (QED) is 0.507. The van der Waals surface area contributed by atoms with Gasteiger partial charge < -0.3 is 14.5 Å². The second kappa shape index (κ2) is 9.18. The maximum atomic E-state index is 10.2. The van der Waals surface area contributed by atoms with Crippen LogP contribution in [-0.2, 0) is 13.0 Å². The number of nitrogens with zero attached hydrogens (tertiary/aromatic N) is 1. The highest BCUT2D eigenvalue weighted by Crippen LogP contribution is 2.38. The predicted molar refractivity (Wildman–Crippen MR) is 114 cm³/mol. The zero-order valence-electron chi connectivity index (χ0n) is 15.1. The lowest BCUT2D eigenvalue weighted by Crippen LogP contribution is -2.14. The van der Waals surface area contributed by atoms with E-state index in [9.17, 15) is 10.2 Å². The van der Waals surface area contributed by atoms with Crippen molar-refractivity contribution in [2.45, 2.75) is 24.8 Å². The van der Waals surface area contributed by atoms with Crippen molar-refractivity contribution >= 4 is 29.2 Å². The first-order chi connectivity index (χ1) is 13.1. The van der Waals surface area contributed by atoms with Crippen LogP contribution in [-0.4, -0.2) is 16.8 Å². The maximum absolute atomic E-state index is 10.2. The first kappa shape index (κ1) is 19.6. The van der Waals surface area contributed by atoms with E-state index in [0.29, 0.717) is 23.6 Å². The second-order valence-corrected chi connectivity index (χ2v) is 7.76. The molecule has 0 bridgehead atoms. The molecule has 0 unspecified atom stereocenters. The number of anilines is 1. The minimum absolute atomic E-state index is 0.0371. The molecule has 0 aromatic heterocycles. The minimum atomic E-state index is -0.0447. The summed E-state index contributed by atoms with van der Waals surface area (Å²) < 4.78 is 2.16. The van der Waals surface area contributed by atoms with Gasteiger partial charge in [0.25, 0.3) is 0 Å². The van der Waals surface area contributed by atoms with E-state index in [1.165, 1.54) is 11.1 Å². The highest BCUT2D eigenvalue weighted by Gasteiger charge is 2.16. The van der Waals surface area contributed by atoms with Gasteiger partial charge in [0.05, 0.1) is 11.6 Å². The number of phenolic OH excluding ortho intramolecular Hbond substituents is 1. The number of halogens is 1. The SMILES string of the molecule is Cc1ccccc1SN(Cc1ccccc1)c1cc(Cl)c(O)c(CCO)c1. The molecule has 3 rings (SSSR count). The highest BCUT2D eigenvalue weighted by molar-refractivity contribution is 8.00. The molecule has 3 nitrogen and oxygen atoms in total. The molecule has 0 spiro atoms. The molecule has 0 aliphatic heterocycles. The van der Waals surface area contributed by atoms with Crippen molar-refractivity contribution in [1.82, 2.24) is 0 Å². The molecule has 0 amide bonds. The Kier molecular flexibility index (Phi) is 6.67. The van der Waals surface area contributed by atoms with Crippen LogP contribution in [0.4, 0.5) is 5.69 Å². The molecule has 0 atom stereocenters. The number of aromatic hydroxyl groups is 1. The summed E-state index contributed by atoms with van der Waals surface area (Å²) in [5, 5.41) is 19.8. The topological polar surface area (TPSA) is 43.7 Å². The minimum Gasteiger partial charge on any atom is -0.506 e. The third kappa shape index (κ3) is 4.98. The molecule has 2 N–H and O–H groups in total. The molecule has 3 aromatic carbocycles. The van der Waals surface area contributed by atoms with Crippen LogP contribution in [0.3, 0.4) is 0 Å². The normalized spacial score (nSPS) is 10.8. The maximum Gasteiger partial charge on any atom is 0.137 e. The number of hydrogen-bond acceptors (Lipinski definition) is 4. The highest BCUT2D eigenvalue weighted by atomic mass is 35.5. The monoisotopic (exact) mass is 399 g/mol. The van der Waals surface area contributed by atoms with Gasteiger partial charge in [0.1, 0.15) is 5.75 Å². The molecule has 3 aromatic rings. The number of hydrogen-bond donors (Lipinski definition) is 2. The van der Waals surface area contributed by atoms with E-state index in [4.69, 9.17) is 11.6 Å². The van der Waals surface area contributed by atoms with E-state index < -0.39 is 0 Å². The van der Waals surface area contributed by atoms with E-state index in [2.05, 4.69) is 35.5 Å². The molecule has 27 heavy (non-hydrogen) atoms. The van der Waals surface area contributed by atoms with E-state index in [0.717, 1.165) is 10.6 Å². The Bertz CT molecular complexity index is 902. The van der Waals surface area contributed by atoms with Crippen LogP contribution in [0, 0.1) is 6.92 Å². The first-order valence-electron chi connectivity index (χ1n) is 8.76. The van der Waals surface area contributed by atoms with Gasteiger partial charge in [0.2, 0.25) is 0 Å². The predicted octanol–water partition coefficient (Wildman–Crippen LogP) is 5.60. The number of benzene rings is 3. The Labute approximate surface area is 169 Å². The molecule has 5 heteroatoms. The van der Waals surface area contributed by atoms with Crippen molar-refractivity contribution in [1.29, 1.82) is 0 Å². The van der Waals surface area contributed by atoms with Gasteiger partial charge in [-0.25, -0.2) is 0 Å². The van der Waals surface area contributed by atoms with Crippen LogP contribution < -0.4 is 4.31 Å². The number of rotatable bonds is 7. The lowest BCUT2D eigenvalue weighted by molar-refractivity contribution is 0.297.